The van der Waals surface area contributed by atoms with Gasteiger partial charge >= 0.3 is 5.97 Å². The average molecular weight is 279 g/mol. The van der Waals surface area contributed by atoms with Gasteiger partial charge in [0.1, 0.15) is 5.69 Å². The lowest BCUT2D eigenvalue weighted by Crippen LogP contribution is -2.11. The summed E-state index contributed by atoms with van der Waals surface area (Å²) in [4.78, 5) is 12.0. The highest BCUT2D eigenvalue weighted by Crippen LogP contribution is 2.23. The third-order valence-corrected chi connectivity index (χ3v) is 3.64. The zero-order chi connectivity index (χ0) is 14.8. The van der Waals surface area contributed by atoms with Gasteiger partial charge in [-0.05, 0) is 30.2 Å². The number of hydrogen-bond acceptors (Lipinski definition) is 2. The first-order chi connectivity index (χ1) is 10.2. The largest absolute Gasteiger partial charge is 0.464 e. The summed E-state index contributed by atoms with van der Waals surface area (Å²) in [5.74, 6) is -0.306. The fraction of sp³-hybridized carbons (Fsp3) is 0.167. The molecule has 0 radical (unpaired) electrons. The Morgan fingerprint density at radius 3 is 2.57 bits per heavy atom. The number of hydrogen-bond donors (Lipinski definition) is 0. The van der Waals surface area contributed by atoms with Crippen LogP contribution in [0.25, 0.3) is 10.9 Å². The van der Waals surface area contributed by atoms with Crippen LogP contribution in [0, 0.1) is 6.92 Å². The van der Waals surface area contributed by atoms with Gasteiger partial charge in [-0.1, -0.05) is 42.5 Å². The molecule has 1 heterocycles. The van der Waals surface area contributed by atoms with E-state index in [0.717, 1.165) is 16.5 Å². The Labute approximate surface area is 123 Å². The van der Waals surface area contributed by atoms with Crippen molar-refractivity contribution in [2.45, 2.75) is 13.5 Å². The molecule has 2 aromatic carbocycles. The van der Waals surface area contributed by atoms with Gasteiger partial charge in [0.05, 0.1) is 7.11 Å². The number of aryl methyl sites for hydroxylation is 1. The third kappa shape index (κ3) is 2.55. The summed E-state index contributed by atoms with van der Waals surface area (Å²) in [5.41, 5.74) is 3.97. The third-order valence-electron chi connectivity index (χ3n) is 3.64. The van der Waals surface area contributed by atoms with Gasteiger partial charge in [0.2, 0.25) is 0 Å². The monoisotopic (exact) mass is 279 g/mol. The summed E-state index contributed by atoms with van der Waals surface area (Å²) in [6, 6.07) is 18.2. The van der Waals surface area contributed by atoms with E-state index >= 15 is 0 Å². The lowest BCUT2D eigenvalue weighted by atomic mass is 10.2. The van der Waals surface area contributed by atoms with E-state index in [-0.39, 0.29) is 5.97 Å². The molecule has 106 valence electrons. The summed E-state index contributed by atoms with van der Waals surface area (Å²) in [7, 11) is 1.41. The van der Waals surface area contributed by atoms with Crippen molar-refractivity contribution < 1.29 is 9.53 Å². The normalized spacial score (nSPS) is 10.8. The fourth-order valence-corrected chi connectivity index (χ4v) is 2.57. The van der Waals surface area contributed by atoms with Crippen LogP contribution in [0.3, 0.4) is 0 Å². The van der Waals surface area contributed by atoms with Crippen molar-refractivity contribution in [3.63, 3.8) is 0 Å². The topological polar surface area (TPSA) is 31.2 Å². The minimum Gasteiger partial charge on any atom is -0.464 e. The first kappa shape index (κ1) is 13.4. The van der Waals surface area contributed by atoms with Gasteiger partial charge in [-0.3, -0.25) is 0 Å². The van der Waals surface area contributed by atoms with Crippen LogP contribution in [-0.2, 0) is 11.3 Å². The van der Waals surface area contributed by atoms with Crippen LogP contribution in [0.1, 0.15) is 21.6 Å². The molecule has 0 saturated carbocycles. The molecule has 0 aliphatic rings. The second kappa shape index (κ2) is 5.44. The van der Waals surface area contributed by atoms with E-state index in [1.165, 1.54) is 12.7 Å². The maximum absolute atomic E-state index is 12.0. The number of aromatic nitrogens is 1. The van der Waals surface area contributed by atoms with Crippen LogP contribution in [0.5, 0.6) is 0 Å². The second-order valence-corrected chi connectivity index (χ2v) is 5.16. The number of methoxy groups -OCH3 is 1. The van der Waals surface area contributed by atoms with E-state index < -0.39 is 0 Å². The van der Waals surface area contributed by atoms with Crippen molar-refractivity contribution in [1.82, 2.24) is 4.57 Å². The lowest BCUT2D eigenvalue weighted by molar-refractivity contribution is 0.0589. The summed E-state index contributed by atoms with van der Waals surface area (Å²) in [6.07, 6.45) is 0. The Balaban J connectivity index is 2.17. The van der Waals surface area contributed by atoms with Gasteiger partial charge < -0.3 is 9.30 Å². The zero-order valence-electron chi connectivity index (χ0n) is 12.2. The highest BCUT2D eigenvalue weighted by molar-refractivity contribution is 5.95. The standard InChI is InChI=1S/C18H17NO2/c1-13-8-9-15-11-17(18(20)21-2)19(16(15)10-13)12-14-6-4-3-5-7-14/h3-11H,12H2,1-2H3. The average Bonchev–Trinajstić information content (AvgIpc) is 2.86. The molecule has 0 fully saturated rings. The van der Waals surface area contributed by atoms with E-state index in [0.29, 0.717) is 12.2 Å². The molecule has 0 aliphatic heterocycles. The first-order valence-corrected chi connectivity index (χ1v) is 6.91. The van der Waals surface area contributed by atoms with Crippen LogP contribution >= 0.6 is 0 Å². The van der Waals surface area contributed by atoms with Gasteiger partial charge in [0.25, 0.3) is 0 Å². The number of nitrogens with zero attached hydrogens (tertiary/aromatic N) is 1. The quantitative estimate of drug-likeness (QED) is 0.683. The Morgan fingerprint density at radius 2 is 1.86 bits per heavy atom. The lowest BCUT2D eigenvalue weighted by Gasteiger charge is -2.10. The Hall–Kier alpha value is -2.55. The van der Waals surface area contributed by atoms with Crippen molar-refractivity contribution in [2.24, 2.45) is 0 Å². The van der Waals surface area contributed by atoms with E-state index in [1.807, 2.05) is 34.9 Å². The summed E-state index contributed by atoms with van der Waals surface area (Å²) >= 11 is 0. The van der Waals surface area contributed by atoms with Crippen molar-refractivity contribution in [1.29, 1.82) is 0 Å². The fourth-order valence-electron chi connectivity index (χ4n) is 2.57. The molecule has 3 aromatic rings. The van der Waals surface area contributed by atoms with Gasteiger partial charge in [0, 0.05) is 17.4 Å². The van der Waals surface area contributed by atoms with Crippen molar-refractivity contribution in [3.05, 3.63) is 71.4 Å². The number of carbonyl (C=O) groups excluding carboxylic acids is 1. The van der Waals surface area contributed by atoms with Crippen LogP contribution < -0.4 is 0 Å². The highest BCUT2D eigenvalue weighted by Gasteiger charge is 2.16. The molecule has 0 N–H and O–H groups in total. The highest BCUT2D eigenvalue weighted by atomic mass is 16.5. The maximum atomic E-state index is 12.0. The van der Waals surface area contributed by atoms with Crippen molar-refractivity contribution >= 4 is 16.9 Å². The molecule has 3 heteroatoms. The molecule has 0 atom stereocenters. The molecule has 0 amide bonds. The Morgan fingerprint density at radius 1 is 1.10 bits per heavy atom. The van der Waals surface area contributed by atoms with Crippen molar-refractivity contribution in [2.75, 3.05) is 7.11 Å². The Kier molecular flexibility index (Phi) is 3.48. The summed E-state index contributed by atoms with van der Waals surface area (Å²) < 4.78 is 6.93. The van der Waals surface area contributed by atoms with E-state index in [9.17, 15) is 4.79 Å². The smallest absolute Gasteiger partial charge is 0.354 e. The molecule has 3 rings (SSSR count). The van der Waals surface area contributed by atoms with Crippen LogP contribution in [-0.4, -0.2) is 17.6 Å². The molecule has 3 nitrogen and oxygen atoms in total. The SMILES string of the molecule is COC(=O)c1cc2ccc(C)cc2n1Cc1ccccc1. The number of ether oxygens (including phenoxy) is 1. The number of fused-ring (bicyclic) bond motifs is 1. The molecule has 0 bridgehead atoms. The molecule has 0 aliphatic carbocycles. The van der Waals surface area contributed by atoms with Crippen LogP contribution in [0.15, 0.2) is 54.6 Å². The number of rotatable bonds is 3. The van der Waals surface area contributed by atoms with E-state index in [2.05, 4.69) is 31.2 Å². The predicted molar refractivity (Wildman–Crippen MR) is 83.6 cm³/mol. The molecule has 0 unspecified atom stereocenters. The number of esters is 1. The minimum absolute atomic E-state index is 0.306. The van der Waals surface area contributed by atoms with Gasteiger partial charge in [-0.2, -0.15) is 0 Å². The Bertz CT molecular complexity index is 788. The maximum Gasteiger partial charge on any atom is 0.354 e. The van der Waals surface area contributed by atoms with Gasteiger partial charge in [-0.15, -0.1) is 0 Å². The van der Waals surface area contributed by atoms with Crippen LogP contribution in [0.4, 0.5) is 0 Å². The van der Waals surface area contributed by atoms with Gasteiger partial charge in [-0.25, -0.2) is 4.79 Å². The summed E-state index contributed by atoms with van der Waals surface area (Å²) in [5, 5.41) is 1.05. The molecule has 0 saturated heterocycles. The molecular formula is C18H17NO2. The van der Waals surface area contributed by atoms with E-state index in [4.69, 9.17) is 4.74 Å². The number of carbonyl (C=O) groups is 1. The first-order valence-electron chi connectivity index (χ1n) is 6.91. The zero-order valence-corrected chi connectivity index (χ0v) is 12.2. The van der Waals surface area contributed by atoms with E-state index in [1.54, 1.807) is 0 Å². The predicted octanol–water partition coefficient (Wildman–Crippen LogP) is 3.78. The molecule has 21 heavy (non-hydrogen) atoms. The molecule has 1 aromatic heterocycles. The van der Waals surface area contributed by atoms with Crippen LogP contribution in [0.2, 0.25) is 0 Å². The minimum atomic E-state index is -0.306. The summed E-state index contributed by atoms with van der Waals surface area (Å²) in [6.45, 7) is 2.70. The van der Waals surface area contributed by atoms with Crippen molar-refractivity contribution in [3.8, 4) is 0 Å². The second-order valence-electron chi connectivity index (χ2n) is 5.16. The number of benzene rings is 2. The molecule has 0 spiro atoms. The molecular weight excluding hydrogens is 262 g/mol. The van der Waals surface area contributed by atoms with Gasteiger partial charge in [0.15, 0.2) is 0 Å².